The van der Waals surface area contributed by atoms with Crippen LogP contribution in [0.2, 0.25) is 0 Å². The first-order valence-electron chi connectivity index (χ1n) is 6.84. The SMILES string of the molecule is c1cn(CCN2CCCC(NC3CC3)C2)cn1. The van der Waals surface area contributed by atoms with Crippen LogP contribution in [-0.4, -0.2) is 46.2 Å². The van der Waals surface area contributed by atoms with Crippen LogP contribution in [0.15, 0.2) is 18.7 Å². The molecule has 1 aromatic heterocycles. The summed E-state index contributed by atoms with van der Waals surface area (Å²) in [6, 6.07) is 1.58. The number of imidazole rings is 1. The van der Waals surface area contributed by atoms with Crippen LogP contribution in [0.25, 0.3) is 0 Å². The monoisotopic (exact) mass is 234 g/mol. The van der Waals surface area contributed by atoms with E-state index in [9.17, 15) is 0 Å². The van der Waals surface area contributed by atoms with Crippen molar-refractivity contribution in [3.8, 4) is 0 Å². The largest absolute Gasteiger partial charge is 0.336 e. The molecule has 1 saturated heterocycles. The third-order valence-electron chi connectivity index (χ3n) is 3.79. The minimum absolute atomic E-state index is 0.735. The number of nitrogens with zero attached hydrogens (tertiary/aromatic N) is 3. The minimum atomic E-state index is 0.735. The topological polar surface area (TPSA) is 33.1 Å². The summed E-state index contributed by atoms with van der Waals surface area (Å²) >= 11 is 0. The Bertz CT molecular complexity index is 331. The molecule has 0 amide bonds. The summed E-state index contributed by atoms with van der Waals surface area (Å²) < 4.78 is 2.16. The minimum Gasteiger partial charge on any atom is -0.336 e. The number of likely N-dealkylation sites (tertiary alicyclic amines) is 1. The van der Waals surface area contributed by atoms with E-state index in [1.165, 1.54) is 38.8 Å². The predicted molar refractivity (Wildman–Crippen MR) is 67.8 cm³/mol. The average molecular weight is 234 g/mol. The van der Waals surface area contributed by atoms with Crippen molar-refractivity contribution in [2.75, 3.05) is 19.6 Å². The van der Waals surface area contributed by atoms with Gasteiger partial charge in [0, 0.05) is 44.1 Å². The molecule has 1 unspecified atom stereocenters. The van der Waals surface area contributed by atoms with Crippen LogP contribution >= 0.6 is 0 Å². The van der Waals surface area contributed by atoms with Crippen LogP contribution in [0, 0.1) is 0 Å². The van der Waals surface area contributed by atoms with Crippen LogP contribution in [0.4, 0.5) is 0 Å². The lowest BCUT2D eigenvalue weighted by molar-refractivity contribution is 0.184. The highest BCUT2D eigenvalue weighted by molar-refractivity contribution is 4.88. The average Bonchev–Trinajstić information content (AvgIpc) is 3.00. The highest BCUT2D eigenvalue weighted by atomic mass is 15.2. The van der Waals surface area contributed by atoms with Crippen LogP contribution in [0.1, 0.15) is 25.7 Å². The molecule has 0 bridgehead atoms. The zero-order chi connectivity index (χ0) is 11.5. The van der Waals surface area contributed by atoms with Crippen molar-refractivity contribution in [2.45, 2.75) is 44.3 Å². The summed E-state index contributed by atoms with van der Waals surface area (Å²) in [4.78, 5) is 6.67. The van der Waals surface area contributed by atoms with E-state index in [1.54, 1.807) is 0 Å². The van der Waals surface area contributed by atoms with Gasteiger partial charge in [0.1, 0.15) is 0 Å². The van der Waals surface area contributed by atoms with Crippen molar-refractivity contribution in [3.05, 3.63) is 18.7 Å². The first-order chi connectivity index (χ1) is 8.40. The third kappa shape index (κ3) is 3.30. The van der Waals surface area contributed by atoms with Gasteiger partial charge in [0.15, 0.2) is 0 Å². The van der Waals surface area contributed by atoms with E-state index < -0.39 is 0 Å². The van der Waals surface area contributed by atoms with Gasteiger partial charge in [-0.1, -0.05) is 0 Å². The molecule has 0 radical (unpaired) electrons. The lowest BCUT2D eigenvalue weighted by Crippen LogP contribution is -2.47. The van der Waals surface area contributed by atoms with Gasteiger partial charge < -0.3 is 14.8 Å². The van der Waals surface area contributed by atoms with Crippen LogP contribution in [0.5, 0.6) is 0 Å². The van der Waals surface area contributed by atoms with E-state index in [1.807, 2.05) is 18.7 Å². The van der Waals surface area contributed by atoms with Crippen molar-refractivity contribution < 1.29 is 0 Å². The fourth-order valence-electron chi connectivity index (χ4n) is 2.65. The van der Waals surface area contributed by atoms with E-state index >= 15 is 0 Å². The molecule has 1 atom stereocenters. The maximum absolute atomic E-state index is 4.08. The van der Waals surface area contributed by atoms with Crippen molar-refractivity contribution in [1.82, 2.24) is 19.8 Å². The Morgan fingerprint density at radius 1 is 1.18 bits per heavy atom. The quantitative estimate of drug-likeness (QED) is 0.828. The van der Waals surface area contributed by atoms with Gasteiger partial charge in [-0.25, -0.2) is 4.98 Å². The molecule has 2 heterocycles. The van der Waals surface area contributed by atoms with Gasteiger partial charge in [-0.3, -0.25) is 0 Å². The first-order valence-corrected chi connectivity index (χ1v) is 6.84. The van der Waals surface area contributed by atoms with Gasteiger partial charge in [-0.05, 0) is 32.2 Å². The molecular formula is C13H22N4. The summed E-state index contributed by atoms with van der Waals surface area (Å²) in [5.74, 6) is 0. The zero-order valence-electron chi connectivity index (χ0n) is 10.4. The van der Waals surface area contributed by atoms with E-state index in [0.29, 0.717) is 0 Å². The molecule has 1 aromatic rings. The fourth-order valence-corrected chi connectivity index (χ4v) is 2.65. The number of nitrogens with one attached hydrogen (secondary N) is 1. The van der Waals surface area contributed by atoms with Gasteiger partial charge in [-0.15, -0.1) is 0 Å². The lowest BCUT2D eigenvalue weighted by atomic mass is 10.1. The molecule has 1 aliphatic carbocycles. The summed E-state index contributed by atoms with van der Waals surface area (Å²) in [7, 11) is 0. The number of hydrogen-bond acceptors (Lipinski definition) is 3. The van der Waals surface area contributed by atoms with E-state index in [4.69, 9.17) is 0 Å². The van der Waals surface area contributed by atoms with E-state index in [0.717, 1.165) is 25.2 Å². The second-order valence-electron chi connectivity index (χ2n) is 5.38. The van der Waals surface area contributed by atoms with Crippen molar-refractivity contribution in [2.24, 2.45) is 0 Å². The molecule has 1 N–H and O–H groups in total. The van der Waals surface area contributed by atoms with Crippen LogP contribution in [-0.2, 0) is 6.54 Å². The molecule has 2 aliphatic rings. The molecule has 17 heavy (non-hydrogen) atoms. The molecule has 3 rings (SSSR count). The van der Waals surface area contributed by atoms with Gasteiger partial charge in [-0.2, -0.15) is 0 Å². The molecule has 4 nitrogen and oxygen atoms in total. The fraction of sp³-hybridized carbons (Fsp3) is 0.769. The molecule has 0 spiro atoms. The van der Waals surface area contributed by atoms with E-state index in [2.05, 4.69) is 19.8 Å². The van der Waals surface area contributed by atoms with Crippen LogP contribution in [0.3, 0.4) is 0 Å². The number of hydrogen-bond donors (Lipinski definition) is 1. The maximum atomic E-state index is 4.08. The number of aromatic nitrogens is 2. The standard InChI is InChI=1S/C13H22N4/c1-2-13(15-12-3-4-12)10-16(6-1)8-9-17-7-5-14-11-17/h5,7,11-13,15H,1-4,6,8-10H2. The molecule has 94 valence electrons. The molecule has 1 aliphatic heterocycles. The van der Waals surface area contributed by atoms with Gasteiger partial charge >= 0.3 is 0 Å². The Hall–Kier alpha value is -0.870. The first kappa shape index (κ1) is 11.2. The Morgan fingerprint density at radius 2 is 2.12 bits per heavy atom. The van der Waals surface area contributed by atoms with Crippen molar-refractivity contribution >= 4 is 0 Å². The Kier molecular flexibility index (Phi) is 3.43. The predicted octanol–water partition coefficient (Wildman–Crippen LogP) is 1.10. The Labute approximate surface area is 103 Å². The van der Waals surface area contributed by atoms with E-state index in [-0.39, 0.29) is 0 Å². The molecule has 4 heteroatoms. The molecular weight excluding hydrogens is 212 g/mol. The number of piperidine rings is 1. The second kappa shape index (κ2) is 5.19. The maximum Gasteiger partial charge on any atom is 0.0946 e. The zero-order valence-corrected chi connectivity index (χ0v) is 10.4. The highest BCUT2D eigenvalue weighted by Gasteiger charge is 2.27. The summed E-state index contributed by atoms with van der Waals surface area (Å²) in [6.45, 7) is 4.71. The summed E-state index contributed by atoms with van der Waals surface area (Å²) in [5, 5.41) is 3.76. The Balaban J connectivity index is 1.43. The van der Waals surface area contributed by atoms with Gasteiger partial charge in [0.25, 0.3) is 0 Å². The normalized spacial score (nSPS) is 26.2. The Morgan fingerprint density at radius 3 is 2.88 bits per heavy atom. The second-order valence-corrected chi connectivity index (χ2v) is 5.38. The number of rotatable bonds is 5. The highest BCUT2D eigenvalue weighted by Crippen LogP contribution is 2.21. The molecule has 0 aromatic carbocycles. The summed E-state index contributed by atoms with van der Waals surface area (Å²) in [5.41, 5.74) is 0. The summed E-state index contributed by atoms with van der Waals surface area (Å²) in [6.07, 6.45) is 11.3. The van der Waals surface area contributed by atoms with Gasteiger partial charge in [0.2, 0.25) is 0 Å². The smallest absolute Gasteiger partial charge is 0.0946 e. The van der Waals surface area contributed by atoms with Gasteiger partial charge in [0.05, 0.1) is 6.33 Å². The van der Waals surface area contributed by atoms with Crippen molar-refractivity contribution in [3.63, 3.8) is 0 Å². The molecule has 2 fully saturated rings. The van der Waals surface area contributed by atoms with Crippen LogP contribution < -0.4 is 5.32 Å². The van der Waals surface area contributed by atoms with Crippen molar-refractivity contribution in [1.29, 1.82) is 0 Å². The molecule has 1 saturated carbocycles. The lowest BCUT2D eigenvalue weighted by Gasteiger charge is -2.33. The third-order valence-corrected chi connectivity index (χ3v) is 3.79.